The van der Waals surface area contributed by atoms with Crippen LogP contribution in [0.15, 0.2) is 4.34 Å². The Morgan fingerprint density at radius 1 is 1.35 bits per heavy atom. The lowest BCUT2D eigenvalue weighted by Gasteiger charge is -2.23. The van der Waals surface area contributed by atoms with Crippen molar-refractivity contribution in [3.8, 4) is 0 Å². The molecule has 1 aromatic heterocycles. The molecule has 9 heteroatoms. The van der Waals surface area contributed by atoms with E-state index in [4.69, 9.17) is 25.5 Å². The zero-order valence-electron chi connectivity index (χ0n) is 10.0. The Morgan fingerprint density at radius 2 is 2.00 bits per heavy atom. The van der Waals surface area contributed by atoms with Gasteiger partial charge in [0.15, 0.2) is 8.29 Å². The van der Waals surface area contributed by atoms with Crippen molar-refractivity contribution in [2.75, 3.05) is 27.1 Å². The fourth-order valence-corrected chi connectivity index (χ4v) is 5.35. The van der Waals surface area contributed by atoms with Crippen LogP contribution in [0.5, 0.6) is 0 Å². The average molecular weight is 313 g/mol. The van der Waals surface area contributed by atoms with Crippen molar-refractivity contribution < 1.29 is 13.3 Å². The minimum atomic E-state index is -2.41. The third kappa shape index (κ3) is 4.77. The van der Waals surface area contributed by atoms with Gasteiger partial charge in [-0.25, -0.2) is 0 Å². The smallest absolute Gasteiger partial charge is 0.377 e. The van der Waals surface area contributed by atoms with Gasteiger partial charge in [0.2, 0.25) is 0 Å². The number of thioether (sulfide) groups is 1. The Labute approximate surface area is 115 Å². The van der Waals surface area contributed by atoms with E-state index < -0.39 is 8.80 Å². The molecule has 1 N–H and O–H groups in total. The van der Waals surface area contributed by atoms with Gasteiger partial charge in [0.1, 0.15) is 0 Å². The van der Waals surface area contributed by atoms with Crippen LogP contribution in [0.25, 0.3) is 0 Å². The maximum atomic E-state index is 5.34. The second-order valence-corrected chi connectivity index (χ2v) is 9.22. The molecule has 0 aliphatic heterocycles. The summed E-state index contributed by atoms with van der Waals surface area (Å²) in [7, 11) is 2.48. The van der Waals surface area contributed by atoms with Crippen LogP contribution in [-0.4, -0.2) is 46.1 Å². The Hall–Kier alpha value is 0.227. The predicted molar refractivity (Wildman–Crippen MR) is 74.2 cm³/mol. The summed E-state index contributed by atoms with van der Waals surface area (Å²) in [6.45, 7) is 0. The highest BCUT2D eigenvalue weighted by Crippen LogP contribution is 2.23. The summed E-state index contributed by atoms with van der Waals surface area (Å²) in [5, 5.41) is 6.84. The number of H-pyrrole nitrogens is 1. The Bertz CT molecular complexity index is 372. The van der Waals surface area contributed by atoms with Gasteiger partial charge in [-0.15, -0.1) is 0 Å². The lowest BCUT2D eigenvalue weighted by molar-refractivity contribution is 0.123. The van der Waals surface area contributed by atoms with Gasteiger partial charge in [0, 0.05) is 33.1 Å². The fraction of sp³-hybridized carbons (Fsp3) is 0.750. The molecule has 1 heterocycles. The summed E-state index contributed by atoms with van der Waals surface area (Å²) in [6, 6.07) is 0.805. The van der Waals surface area contributed by atoms with Gasteiger partial charge < -0.3 is 13.3 Å². The van der Waals surface area contributed by atoms with E-state index in [1.807, 2.05) is 0 Å². The molecule has 0 aromatic carbocycles. The van der Waals surface area contributed by atoms with Crippen molar-refractivity contribution in [3.05, 3.63) is 3.95 Å². The van der Waals surface area contributed by atoms with E-state index in [2.05, 4.69) is 10.2 Å². The summed E-state index contributed by atoms with van der Waals surface area (Å²) in [5.74, 6) is 0.945. The van der Waals surface area contributed by atoms with Crippen LogP contribution < -0.4 is 0 Å². The highest BCUT2D eigenvalue weighted by atomic mass is 32.2. The van der Waals surface area contributed by atoms with Crippen molar-refractivity contribution >= 4 is 44.1 Å². The number of rotatable bonds is 8. The molecule has 17 heavy (non-hydrogen) atoms. The van der Waals surface area contributed by atoms with Crippen LogP contribution in [-0.2, 0) is 13.3 Å². The lowest BCUT2D eigenvalue weighted by atomic mass is 10.6. The van der Waals surface area contributed by atoms with Crippen LogP contribution in [0.1, 0.15) is 6.42 Å². The molecule has 1 aromatic rings. The van der Waals surface area contributed by atoms with Gasteiger partial charge in [-0.05, 0) is 18.6 Å². The molecular formula is C8H16N2O3S3Si. The summed E-state index contributed by atoms with van der Waals surface area (Å²) >= 11 is 8.13. The topological polar surface area (TPSA) is 56.4 Å². The molecule has 0 bridgehead atoms. The van der Waals surface area contributed by atoms with E-state index in [-0.39, 0.29) is 0 Å². The van der Waals surface area contributed by atoms with Crippen LogP contribution in [0, 0.1) is 3.95 Å². The third-order valence-electron chi connectivity index (χ3n) is 2.20. The second kappa shape index (κ2) is 7.62. The summed E-state index contributed by atoms with van der Waals surface area (Å²) < 4.78 is 17.7. The summed E-state index contributed by atoms with van der Waals surface area (Å²) in [6.07, 6.45) is 0.957. The van der Waals surface area contributed by atoms with E-state index >= 15 is 0 Å². The van der Waals surface area contributed by atoms with Crippen LogP contribution >= 0.6 is 35.3 Å². The quantitative estimate of drug-likeness (QED) is 0.344. The normalized spacial score (nSPS) is 11.9. The minimum Gasteiger partial charge on any atom is -0.377 e. The van der Waals surface area contributed by atoms with Gasteiger partial charge in [-0.1, -0.05) is 23.1 Å². The standard InChI is InChI=1S/C8H16N2O3S3Si/c1-11-17(12-2,13-3)6-4-5-15-8-10-9-7(14)16-8/h4-6H2,1-3H3,(H,9,14). The SMILES string of the molecule is CO[Si](CCCSc1n[nH]c(=S)s1)(OC)OC. The first-order valence-corrected chi connectivity index (χ1v) is 9.14. The van der Waals surface area contributed by atoms with Crippen LogP contribution in [0.3, 0.4) is 0 Å². The minimum absolute atomic E-state index is 0.710. The highest BCUT2D eigenvalue weighted by Gasteiger charge is 2.36. The largest absolute Gasteiger partial charge is 0.500 e. The molecule has 1 rings (SSSR count). The fourth-order valence-electron chi connectivity index (χ4n) is 1.28. The number of aromatic amines is 1. The number of nitrogens with one attached hydrogen (secondary N) is 1. The first kappa shape index (κ1) is 15.3. The summed E-state index contributed by atoms with van der Waals surface area (Å²) in [5.41, 5.74) is 0. The molecule has 0 atom stereocenters. The predicted octanol–water partition coefficient (Wildman–Crippen LogP) is 2.56. The molecule has 0 saturated heterocycles. The molecule has 0 radical (unpaired) electrons. The van der Waals surface area contributed by atoms with Crippen molar-refractivity contribution in [1.82, 2.24) is 10.2 Å². The maximum Gasteiger partial charge on any atom is 0.500 e. The number of hydrogen-bond acceptors (Lipinski definition) is 7. The summed E-state index contributed by atoms with van der Waals surface area (Å²) in [4.78, 5) is 0. The van der Waals surface area contributed by atoms with Crippen molar-refractivity contribution in [2.45, 2.75) is 16.8 Å². The number of aromatic nitrogens is 2. The lowest BCUT2D eigenvalue weighted by Crippen LogP contribution is -2.42. The number of hydrogen-bond donors (Lipinski definition) is 1. The van der Waals surface area contributed by atoms with Crippen molar-refractivity contribution in [3.63, 3.8) is 0 Å². The van der Waals surface area contributed by atoms with Gasteiger partial charge in [-0.2, -0.15) is 5.10 Å². The Morgan fingerprint density at radius 3 is 2.47 bits per heavy atom. The van der Waals surface area contributed by atoms with E-state index in [1.54, 1.807) is 33.1 Å². The third-order valence-corrected chi connectivity index (χ3v) is 7.35. The van der Waals surface area contributed by atoms with Crippen molar-refractivity contribution in [1.29, 1.82) is 0 Å². The molecule has 0 aliphatic carbocycles. The monoisotopic (exact) mass is 312 g/mol. The average Bonchev–Trinajstić information content (AvgIpc) is 2.76. The molecular weight excluding hydrogens is 296 g/mol. The van der Waals surface area contributed by atoms with E-state index in [0.29, 0.717) is 3.95 Å². The molecule has 98 valence electrons. The zero-order chi connectivity index (χ0) is 12.7. The van der Waals surface area contributed by atoms with Crippen LogP contribution in [0.4, 0.5) is 0 Å². The maximum absolute atomic E-state index is 5.34. The Kier molecular flexibility index (Phi) is 6.85. The van der Waals surface area contributed by atoms with Crippen LogP contribution in [0.2, 0.25) is 6.04 Å². The van der Waals surface area contributed by atoms with E-state index in [0.717, 1.165) is 22.6 Å². The Balaban J connectivity index is 2.29. The molecule has 0 unspecified atom stereocenters. The van der Waals surface area contributed by atoms with Gasteiger partial charge >= 0.3 is 8.80 Å². The zero-order valence-corrected chi connectivity index (χ0v) is 13.5. The molecule has 0 saturated carbocycles. The van der Waals surface area contributed by atoms with Gasteiger partial charge in [0.25, 0.3) is 0 Å². The molecule has 0 amide bonds. The molecule has 0 spiro atoms. The van der Waals surface area contributed by atoms with E-state index in [1.165, 1.54) is 11.3 Å². The first-order chi connectivity index (χ1) is 8.15. The van der Waals surface area contributed by atoms with Gasteiger partial charge in [-0.3, -0.25) is 5.10 Å². The van der Waals surface area contributed by atoms with Crippen molar-refractivity contribution in [2.24, 2.45) is 0 Å². The first-order valence-electron chi connectivity index (χ1n) is 4.99. The molecule has 5 nitrogen and oxygen atoms in total. The molecule has 0 aliphatic rings. The highest BCUT2D eigenvalue weighted by molar-refractivity contribution is 8.01. The number of nitrogens with zero attached hydrogens (tertiary/aromatic N) is 1. The second-order valence-electron chi connectivity index (χ2n) is 3.13. The molecule has 0 fully saturated rings. The van der Waals surface area contributed by atoms with E-state index in [9.17, 15) is 0 Å². The van der Waals surface area contributed by atoms with Gasteiger partial charge in [0.05, 0.1) is 0 Å².